The van der Waals surface area contributed by atoms with Crippen LogP contribution in [0.25, 0.3) is 0 Å². The van der Waals surface area contributed by atoms with Crippen LogP contribution < -0.4 is 10.5 Å². The molecule has 2 N–H and O–H groups in total. The Labute approximate surface area is 123 Å². The minimum absolute atomic E-state index is 0.356. The molecule has 3 unspecified atom stereocenters. The Bertz CT molecular complexity index is 421. The van der Waals surface area contributed by atoms with Gasteiger partial charge in [0, 0.05) is 17.6 Å². The van der Waals surface area contributed by atoms with Crippen LogP contribution in [0.5, 0.6) is 5.75 Å². The molecule has 2 rings (SSSR count). The molecule has 3 nitrogen and oxygen atoms in total. The van der Waals surface area contributed by atoms with Crippen molar-refractivity contribution in [3.8, 4) is 5.75 Å². The van der Waals surface area contributed by atoms with Crippen LogP contribution in [0.3, 0.4) is 0 Å². The van der Waals surface area contributed by atoms with Crippen LogP contribution in [-0.2, 0) is 0 Å². The van der Waals surface area contributed by atoms with Gasteiger partial charge >= 0.3 is 0 Å². The lowest BCUT2D eigenvalue weighted by molar-refractivity contribution is 0.149. The van der Waals surface area contributed by atoms with Crippen molar-refractivity contribution in [1.29, 1.82) is 0 Å². The maximum atomic E-state index is 5.93. The highest BCUT2D eigenvalue weighted by Gasteiger charge is 2.32. The molecular formula is C17H28N2O. The van der Waals surface area contributed by atoms with Crippen LogP contribution in [0, 0.1) is 5.92 Å². The highest BCUT2D eigenvalue weighted by Crippen LogP contribution is 2.35. The predicted molar refractivity (Wildman–Crippen MR) is 84.0 cm³/mol. The summed E-state index contributed by atoms with van der Waals surface area (Å²) in [5.41, 5.74) is 7.20. The summed E-state index contributed by atoms with van der Waals surface area (Å²) in [5.74, 6) is 1.65. The smallest absolute Gasteiger partial charge is 0.124 e. The van der Waals surface area contributed by atoms with Crippen LogP contribution in [0.1, 0.15) is 44.7 Å². The molecule has 0 amide bonds. The highest BCUT2D eigenvalue weighted by atomic mass is 16.5. The van der Waals surface area contributed by atoms with Gasteiger partial charge in [-0.15, -0.1) is 0 Å². The number of nitrogens with zero attached hydrogens (tertiary/aromatic N) is 1. The molecular weight excluding hydrogens is 248 g/mol. The predicted octanol–water partition coefficient (Wildman–Crippen LogP) is 3.21. The standard InChI is InChI=1S/C17H28N2O/c1-4-20-17-11-6-5-9-15(17)13(2)19(3)16-10-7-8-14(16)12-18/h5-6,9,11,13-14,16H,4,7-8,10,12,18H2,1-3H3. The van der Waals surface area contributed by atoms with E-state index < -0.39 is 0 Å². The van der Waals surface area contributed by atoms with E-state index in [0.717, 1.165) is 12.3 Å². The molecule has 0 aromatic heterocycles. The van der Waals surface area contributed by atoms with Crippen LogP contribution in [-0.4, -0.2) is 31.1 Å². The summed E-state index contributed by atoms with van der Waals surface area (Å²) in [6, 6.07) is 9.34. The second kappa shape index (κ2) is 7.09. The van der Waals surface area contributed by atoms with Crippen molar-refractivity contribution in [2.75, 3.05) is 20.2 Å². The first-order chi connectivity index (χ1) is 9.69. The fourth-order valence-electron chi connectivity index (χ4n) is 3.45. The van der Waals surface area contributed by atoms with Crippen LogP contribution in [0.15, 0.2) is 24.3 Å². The van der Waals surface area contributed by atoms with Gasteiger partial charge in [0.25, 0.3) is 0 Å². The average Bonchev–Trinajstić information content (AvgIpc) is 2.95. The number of hydrogen-bond donors (Lipinski definition) is 1. The summed E-state index contributed by atoms with van der Waals surface area (Å²) < 4.78 is 5.77. The van der Waals surface area contributed by atoms with Gasteiger partial charge in [0.2, 0.25) is 0 Å². The molecule has 1 aromatic carbocycles. The number of benzene rings is 1. The van der Waals surface area contributed by atoms with E-state index in [4.69, 9.17) is 10.5 Å². The molecule has 0 radical (unpaired) electrons. The van der Waals surface area contributed by atoms with Crippen molar-refractivity contribution >= 4 is 0 Å². The molecule has 0 aliphatic heterocycles. The lowest BCUT2D eigenvalue weighted by Gasteiger charge is -2.35. The van der Waals surface area contributed by atoms with Crippen molar-refractivity contribution in [3.05, 3.63) is 29.8 Å². The molecule has 112 valence electrons. The van der Waals surface area contributed by atoms with E-state index in [1.165, 1.54) is 24.8 Å². The van der Waals surface area contributed by atoms with Gasteiger partial charge in [-0.25, -0.2) is 0 Å². The van der Waals surface area contributed by atoms with E-state index >= 15 is 0 Å². The van der Waals surface area contributed by atoms with Crippen molar-refractivity contribution in [1.82, 2.24) is 4.90 Å². The van der Waals surface area contributed by atoms with Gasteiger partial charge in [0.1, 0.15) is 5.75 Å². The summed E-state index contributed by atoms with van der Waals surface area (Å²) in [4.78, 5) is 2.49. The SMILES string of the molecule is CCOc1ccccc1C(C)N(C)C1CCCC1CN. The Morgan fingerprint density at radius 1 is 1.35 bits per heavy atom. The van der Waals surface area contributed by atoms with Gasteiger partial charge in [-0.1, -0.05) is 24.6 Å². The maximum absolute atomic E-state index is 5.93. The van der Waals surface area contributed by atoms with Crippen molar-refractivity contribution in [2.45, 2.75) is 45.2 Å². The zero-order chi connectivity index (χ0) is 14.5. The number of ether oxygens (including phenoxy) is 1. The van der Waals surface area contributed by atoms with E-state index in [9.17, 15) is 0 Å². The van der Waals surface area contributed by atoms with E-state index in [1.54, 1.807) is 0 Å². The molecule has 1 aliphatic carbocycles. The van der Waals surface area contributed by atoms with Crippen LogP contribution in [0.4, 0.5) is 0 Å². The van der Waals surface area contributed by atoms with Gasteiger partial charge in [0.05, 0.1) is 6.61 Å². The molecule has 1 fully saturated rings. The highest BCUT2D eigenvalue weighted by molar-refractivity contribution is 5.35. The van der Waals surface area contributed by atoms with E-state index in [2.05, 4.69) is 37.1 Å². The van der Waals surface area contributed by atoms with Gasteiger partial charge in [-0.05, 0) is 52.3 Å². The normalized spacial score (nSPS) is 24.1. The van der Waals surface area contributed by atoms with Crippen molar-refractivity contribution in [3.63, 3.8) is 0 Å². The Balaban J connectivity index is 2.15. The Hall–Kier alpha value is -1.06. The molecule has 0 bridgehead atoms. The molecule has 3 heteroatoms. The average molecular weight is 276 g/mol. The molecule has 0 spiro atoms. The van der Waals surface area contributed by atoms with Crippen LogP contribution >= 0.6 is 0 Å². The van der Waals surface area contributed by atoms with E-state index in [1.807, 2.05) is 13.0 Å². The summed E-state index contributed by atoms with van der Waals surface area (Å²) in [5, 5.41) is 0. The number of hydrogen-bond acceptors (Lipinski definition) is 3. The largest absolute Gasteiger partial charge is 0.494 e. The minimum Gasteiger partial charge on any atom is -0.494 e. The number of nitrogens with two attached hydrogens (primary N) is 1. The maximum Gasteiger partial charge on any atom is 0.124 e. The molecule has 1 aromatic rings. The monoisotopic (exact) mass is 276 g/mol. The Morgan fingerprint density at radius 3 is 2.80 bits per heavy atom. The first-order valence-corrected chi connectivity index (χ1v) is 7.82. The summed E-state index contributed by atoms with van der Waals surface area (Å²) in [7, 11) is 2.23. The van der Waals surface area contributed by atoms with Gasteiger partial charge < -0.3 is 10.5 Å². The molecule has 3 atom stereocenters. The van der Waals surface area contributed by atoms with Gasteiger partial charge in [0.15, 0.2) is 0 Å². The zero-order valence-electron chi connectivity index (χ0n) is 13.0. The third-order valence-corrected chi connectivity index (χ3v) is 4.72. The van der Waals surface area contributed by atoms with E-state index in [0.29, 0.717) is 24.6 Å². The van der Waals surface area contributed by atoms with Gasteiger partial charge in [-0.3, -0.25) is 4.90 Å². The zero-order valence-corrected chi connectivity index (χ0v) is 13.0. The Morgan fingerprint density at radius 2 is 2.10 bits per heavy atom. The fraction of sp³-hybridized carbons (Fsp3) is 0.647. The molecule has 0 heterocycles. The molecule has 1 saturated carbocycles. The topological polar surface area (TPSA) is 38.5 Å². The van der Waals surface area contributed by atoms with Gasteiger partial charge in [-0.2, -0.15) is 0 Å². The molecule has 1 aliphatic rings. The lowest BCUT2D eigenvalue weighted by atomic mass is 9.98. The van der Waals surface area contributed by atoms with Crippen LogP contribution in [0.2, 0.25) is 0 Å². The van der Waals surface area contributed by atoms with Crippen molar-refractivity contribution in [2.24, 2.45) is 11.7 Å². The third-order valence-electron chi connectivity index (χ3n) is 4.72. The number of rotatable bonds is 6. The quantitative estimate of drug-likeness (QED) is 0.867. The lowest BCUT2D eigenvalue weighted by Crippen LogP contribution is -2.39. The number of para-hydroxylation sites is 1. The van der Waals surface area contributed by atoms with Crippen molar-refractivity contribution < 1.29 is 4.74 Å². The fourth-order valence-corrected chi connectivity index (χ4v) is 3.45. The minimum atomic E-state index is 0.356. The summed E-state index contributed by atoms with van der Waals surface area (Å²) >= 11 is 0. The Kier molecular flexibility index (Phi) is 5.44. The second-order valence-electron chi connectivity index (χ2n) is 5.81. The third kappa shape index (κ3) is 3.15. The second-order valence-corrected chi connectivity index (χ2v) is 5.81. The molecule has 20 heavy (non-hydrogen) atoms. The van der Waals surface area contributed by atoms with E-state index in [-0.39, 0.29) is 0 Å². The summed E-state index contributed by atoms with van der Waals surface area (Å²) in [6.07, 6.45) is 3.83. The summed E-state index contributed by atoms with van der Waals surface area (Å²) in [6.45, 7) is 5.81. The molecule has 0 saturated heterocycles. The first-order valence-electron chi connectivity index (χ1n) is 7.82. The first kappa shape index (κ1) is 15.3.